The summed E-state index contributed by atoms with van der Waals surface area (Å²) in [7, 11) is 0. The van der Waals surface area contributed by atoms with Crippen LogP contribution in [0.25, 0.3) is 0 Å². The minimum absolute atomic E-state index is 0.0107. The van der Waals surface area contributed by atoms with Gasteiger partial charge in [-0.25, -0.2) is 0 Å². The van der Waals surface area contributed by atoms with Crippen molar-refractivity contribution >= 4 is 11.9 Å². The molecule has 4 N–H and O–H groups in total. The average molecular weight is 393 g/mol. The molecule has 1 rings (SSSR count). The van der Waals surface area contributed by atoms with Crippen LogP contribution in [0.1, 0.15) is 53.2 Å². The zero-order chi connectivity index (χ0) is 21.2. The number of rotatable bonds is 9. The Morgan fingerprint density at radius 3 is 2.25 bits per heavy atom. The van der Waals surface area contributed by atoms with E-state index in [2.05, 4.69) is 20.9 Å². The van der Waals surface area contributed by atoms with Gasteiger partial charge in [-0.2, -0.15) is 0 Å². The topological polar surface area (TPSA) is 95.0 Å². The number of nitrogens with zero attached hydrogens (tertiary/aromatic N) is 1. The quantitative estimate of drug-likeness (QED) is 0.294. The number of nitrogens with one attached hydrogen (secondary N) is 3. The minimum atomic E-state index is -0.704. The van der Waals surface area contributed by atoms with Crippen molar-refractivity contribution in [2.75, 3.05) is 26.2 Å². The molecule has 0 spiro atoms. The largest absolute Gasteiger partial charge is 0.491 e. The second kappa shape index (κ2) is 11.5. The van der Waals surface area contributed by atoms with Crippen molar-refractivity contribution < 1.29 is 14.6 Å². The number of carbonyl (C=O) groups excluding carboxylic acids is 1. The van der Waals surface area contributed by atoms with Crippen LogP contribution < -0.4 is 20.7 Å². The van der Waals surface area contributed by atoms with E-state index >= 15 is 0 Å². The summed E-state index contributed by atoms with van der Waals surface area (Å²) in [4.78, 5) is 16.3. The SMILES string of the molecule is CCNC(=NCC(O)c1ccc(OC(C)C)cc1)NCCNC(=O)C(C)(C)C. The number of ether oxygens (including phenoxy) is 1. The molecule has 0 aromatic heterocycles. The van der Waals surface area contributed by atoms with Crippen molar-refractivity contribution in [2.24, 2.45) is 10.4 Å². The normalized spacial score (nSPS) is 13.2. The maximum Gasteiger partial charge on any atom is 0.225 e. The molecule has 7 nitrogen and oxygen atoms in total. The Bertz CT molecular complexity index is 622. The number of carbonyl (C=O) groups is 1. The Morgan fingerprint density at radius 2 is 1.71 bits per heavy atom. The summed E-state index contributed by atoms with van der Waals surface area (Å²) in [5, 5.41) is 19.6. The first-order valence-corrected chi connectivity index (χ1v) is 9.88. The smallest absolute Gasteiger partial charge is 0.225 e. The molecule has 1 aromatic carbocycles. The van der Waals surface area contributed by atoms with Crippen molar-refractivity contribution in [3.63, 3.8) is 0 Å². The van der Waals surface area contributed by atoms with Crippen LogP contribution in [0.3, 0.4) is 0 Å². The Kier molecular flexibility index (Phi) is 9.79. The van der Waals surface area contributed by atoms with Gasteiger partial charge >= 0.3 is 0 Å². The van der Waals surface area contributed by atoms with Gasteiger partial charge in [-0.1, -0.05) is 32.9 Å². The highest BCUT2D eigenvalue weighted by atomic mass is 16.5. The van der Waals surface area contributed by atoms with Gasteiger partial charge in [-0.15, -0.1) is 0 Å². The molecule has 1 aromatic rings. The van der Waals surface area contributed by atoms with Gasteiger partial charge in [-0.05, 0) is 38.5 Å². The van der Waals surface area contributed by atoms with Crippen LogP contribution >= 0.6 is 0 Å². The molecule has 0 saturated heterocycles. The number of amides is 1. The van der Waals surface area contributed by atoms with Crippen LogP contribution in [0.5, 0.6) is 5.75 Å². The number of guanidine groups is 1. The molecule has 28 heavy (non-hydrogen) atoms. The molecule has 0 radical (unpaired) electrons. The van der Waals surface area contributed by atoms with E-state index in [0.717, 1.165) is 11.3 Å². The first-order chi connectivity index (χ1) is 13.1. The summed E-state index contributed by atoms with van der Waals surface area (Å²) in [5.74, 6) is 1.39. The standard InChI is InChI=1S/C21H36N4O3/c1-7-22-20(24-13-12-23-19(27)21(4,5)6)25-14-18(26)16-8-10-17(11-9-16)28-15(2)3/h8-11,15,18,26H,7,12-14H2,1-6H3,(H,23,27)(H2,22,24,25). The number of aliphatic hydroxyl groups excluding tert-OH is 1. The van der Waals surface area contributed by atoms with E-state index < -0.39 is 11.5 Å². The molecular formula is C21H36N4O3. The van der Waals surface area contributed by atoms with Crippen LogP contribution in [0, 0.1) is 5.41 Å². The van der Waals surface area contributed by atoms with Crippen molar-refractivity contribution in [2.45, 2.75) is 53.8 Å². The molecular weight excluding hydrogens is 356 g/mol. The fourth-order valence-electron chi connectivity index (χ4n) is 2.29. The highest BCUT2D eigenvalue weighted by Gasteiger charge is 2.20. The average Bonchev–Trinajstić information content (AvgIpc) is 2.61. The summed E-state index contributed by atoms with van der Waals surface area (Å²) in [6, 6.07) is 7.40. The molecule has 0 heterocycles. The molecule has 158 valence electrons. The van der Waals surface area contributed by atoms with E-state index in [9.17, 15) is 9.90 Å². The summed E-state index contributed by atoms with van der Waals surface area (Å²) in [6.07, 6.45) is -0.591. The second-order valence-electron chi connectivity index (χ2n) is 7.90. The van der Waals surface area contributed by atoms with Crippen molar-refractivity contribution in [3.05, 3.63) is 29.8 Å². The van der Waals surface area contributed by atoms with Gasteiger partial charge in [0.1, 0.15) is 5.75 Å². The molecule has 7 heteroatoms. The highest BCUT2D eigenvalue weighted by molar-refractivity contribution is 5.81. The Hall–Kier alpha value is -2.28. The lowest BCUT2D eigenvalue weighted by atomic mass is 9.96. The van der Waals surface area contributed by atoms with E-state index in [1.807, 2.05) is 65.8 Å². The van der Waals surface area contributed by atoms with E-state index in [1.165, 1.54) is 0 Å². The summed E-state index contributed by atoms with van der Waals surface area (Å²) in [6.45, 7) is 13.5. The Balaban J connectivity index is 2.53. The maximum atomic E-state index is 11.9. The van der Waals surface area contributed by atoms with Gasteiger partial charge in [0.25, 0.3) is 0 Å². The van der Waals surface area contributed by atoms with Crippen LogP contribution in [0.2, 0.25) is 0 Å². The van der Waals surface area contributed by atoms with Crippen LogP contribution in [0.4, 0.5) is 0 Å². The summed E-state index contributed by atoms with van der Waals surface area (Å²) >= 11 is 0. The van der Waals surface area contributed by atoms with Crippen LogP contribution in [0.15, 0.2) is 29.3 Å². The number of hydrogen-bond donors (Lipinski definition) is 4. The third kappa shape index (κ3) is 9.08. The van der Waals surface area contributed by atoms with Crippen molar-refractivity contribution in [3.8, 4) is 5.75 Å². The number of hydrogen-bond acceptors (Lipinski definition) is 4. The van der Waals surface area contributed by atoms with E-state index in [-0.39, 0.29) is 18.6 Å². The number of aliphatic hydroxyl groups is 1. The van der Waals surface area contributed by atoms with Gasteiger partial charge in [0.15, 0.2) is 5.96 Å². The highest BCUT2D eigenvalue weighted by Crippen LogP contribution is 2.19. The van der Waals surface area contributed by atoms with Crippen LogP contribution in [-0.4, -0.2) is 49.3 Å². The fourth-order valence-corrected chi connectivity index (χ4v) is 2.29. The first kappa shape index (κ1) is 23.8. The summed E-state index contributed by atoms with van der Waals surface area (Å²) < 4.78 is 5.61. The monoisotopic (exact) mass is 392 g/mol. The lowest BCUT2D eigenvalue weighted by Crippen LogP contribution is -2.43. The van der Waals surface area contributed by atoms with E-state index in [0.29, 0.717) is 25.6 Å². The number of benzene rings is 1. The van der Waals surface area contributed by atoms with Crippen molar-refractivity contribution in [1.29, 1.82) is 0 Å². The molecule has 0 fully saturated rings. The third-order valence-corrected chi connectivity index (χ3v) is 3.79. The zero-order valence-electron chi connectivity index (χ0n) is 18.0. The second-order valence-corrected chi connectivity index (χ2v) is 7.90. The van der Waals surface area contributed by atoms with Gasteiger partial charge in [-0.3, -0.25) is 9.79 Å². The lowest BCUT2D eigenvalue weighted by molar-refractivity contribution is -0.128. The van der Waals surface area contributed by atoms with Crippen molar-refractivity contribution in [1.82, 2.24) is 16.0 Å². The van der Waals surface area contributed by atoms with E-state index in [4.69, 9.17) is 4.74 Å². The maximum absolute atomic E-state index is 11.9. The molecule has 1 unspecified atom stereocenters. The van der Waals surface area contributed by atoms with E-state index in [1.54, 1.807) is 0 Å². The number of aliphatic imine (C=N–C) groups is 1. The lowest BCUT2D eigenvalue weighted by Gasteiger charge is -2.18. The molecule has 1 amide bonds. The van der Waals surface area contributed by atoms with Gasteiger partial charge in [0.2, 0.25) is 5.91 Å². The fraction of sp³-hybridized carbons (Fsp3) is 0.619. The Morgan fingerprint density at radius 1 is 1.11 bits per heavy atom. The third-order valence-electron chi connectivity index (χ3n) is 3.79. The van der Waals surface area contributed by atoms with Crippen LogP contribution in [-0.2, 0) is 4.79 Å². The van der Waals surface area contributed by atoms with Gasteiger partial charge < -0.3 is 25.8 Å². The van der Waals surface area contributed by atoms with Gasteiger partial charge in [0.05, 0.1) is 18.8 Å². The molecule has 0 bridgehead atoms. The molecule has 0 saturated carbocycles. The Labute approximate surface area is 169 Å². The summed E-state index contributed by atoms with van der Waals surface area (Å²) in [5.41, 5.74) is 0.381. The molecule has 1 atom stereocenters. The predicted octanol–water partition coefficient (Wildman–Crippen LogP) is 2.22. The first-order valence-electron chi connectivity index (χ1n) is 9.88. The minimum Gasteiger partial charge on any atom is -0.491 e. The molecule has 0 aliphatic heterocycles. The predicted molar refractivity (Wildman–Crippen MR) is 114 cm³/mol. The molecule has 0 aliphatic rings. The zero-order valence-corrected chi connectivity index (χ0v) is 18.0. The molecule has 0 aliphatic carbocycles. The van der Waals surface area contributed by atoms with Gasteiger partial charge in [0, 0.05) is 25.0 Å².